The third-order valence-corrected chi connectivity index (χ3v) is 1.31. The molecule has 0 fully saturated rings. The second kappa shape index (κ2) is 3.16. The van der Waals surface area contributed by atoms with Crippen LogP contribution in [0.25, 0.3) is 0 Å². The molecule has 60 valence electrons. The van der Waals surface area contributed by atoms with Gasteiger partial charge in [-0.05, 0) is 0 Å². The molecular formula is C6H9N3O2. The molecule has 0 unspecified atom stereocenters. The molecule has 0 aliphatic rings. The number of H-pyrrole nitrogens is 1. The van der Waals surface area contributed by atoms with Gasteiger partial charge in [0.15, 0.2) is 0 Å². The smallest absolute Gasteiger partial charge is 0.320 e. The molecule has 11 heavy (non-hydrogen) atoms. The lowest BCUT2D eigenvalue weighted by molar-refractivity contribution is -0.138. The minimum Gasteiger partial charge on any atom is -0.480 e. The first-order valence-electron chi connectivity index (χ1n) is 3.16. The third kappa shape index (κ3) is 2.05. The lowest BCUT2D eigenvalue weighted by Crippen LogP contribution is -2.32. The molecule has 1 heterocycles. The molecule has 0 amide bonds. The number of carboxylic acid groups (broad SMARTS) is 1. The maximum absolute atomic E-state index is 10.3. The number of carbonyl (C=O) groups is 1. The van der Waals surface area contributed by atoms with Crippen molar-refractivity contribution in [3.8, 4) is 0 Å². The van der Waals surface area contributed by atoms with E-state index in [-0.39, 0.29) is 6.42 Å². The van der Waals surface area contributed by atoms with E-state index in [1.807, 2.05) is 0 Å². The van der Waals surface area contributed by atoms with Crippen LogP contribution in [0.3, 0.4) is 0 Å². The number of aromatic nitrogens is 2. The van der Waals surface area contributed by atoms with Crippen molar-refractivity contribution in [3.63, 3.8) is 0 Å². The molecule has 5 heteroatoms. The number of nitrogens with one attached hydrogen (secondary N) is 1. The summed E-state index contributed by atoms with van der Waals surface area (Å²) in [5.74, 6) is -1.00. The van der Waals surface area contributed by atoms with Crippen LogP contribution in [0, 0.1) is 0 Å². The Hall–Kier alpha value is -1.36. The molecule has 0 aliphatic carbocycles. The summed E-state index contributed by atoms with van der Waals surface area (Å²) in [6, 6.07) is -0.851. The van der Waals surface area contributed by atoms with Crippen LogP contribution in [-0.2, 0) is 11.2 Å². The number of hydrogen-bond acceptors (Lipinski definition) is 3. The highest BCUT2D eigenvalue weighted by atomic mass is 16.4. The molecule has 0 saturated carbocycles. The van der Waals surface area contributed by atoms with Crippen molar-refractivity contribution in [2.45, 2.75) is 12.5 Å². The van der Waals surface area contributed by atoms with Crippen molar-refractivity contribution in [1.29, 1.82) is 0 Å². The topological polar surface area (TPSA) is 92.0 Å². The molecule has 4 N–H and O–H groups in total. The zero-order chi connectivity index (χ0) is 8.27. The fourth-order valence-electron chi connectivity index (χ4n) is 0.721. The Morgan fingerprint density at radius 2 is 2.64 bits per heavy atom. The van der Waals surface area contributed by atoms with Crippen LogP contribution in [0.4, 0.5) is 0 Å². The van der Waals surface area contributed by atoms with E-state index in [0.717, 1.165) is 5.69 Å². The summed E-state index contributed by atoms with van der Waals surface area (Å²) in [7, 11) is 0. The van der Waals surface area contributed by atoms with E-state index >= 15 is 0 Å². The SMILES string of the molecule is N[14C@H](Cc1cnc[nH]1)C(=O)O. The Bertz CT molecular complexity index is 232. The van der Waals surface area contributed by atoms with Crippen LogP contribution in [0.2, 0.25) is 0 Å². The van der Waals surface area contributed by atoms with Crippen molar-refractivity contribution in [2.24, 2.45) is 5.73 Å². The van der Waals surface area contributed by atoms with E-state index in [9.17, 15) is 4.79 Å². The molecular weight excluding hydrogens is 148 g/mol. The number of imidazole rings is 1. The molecule has 1 aromatic heterocycles. The lowest BCUT2D eigenvalue weighted by Gasteiger charge is -2.02. The largest absolute Gasteiger partial charge is 0.480 e. The van der Waals surface area contributed by atoms with Gasteiger partial charge in [-0.15, -0.1) is 0 Å². The van der Waals surface area contributed by atoms with Gasteiger partial charge >= 0.3 is 5.97 Å². The molecule has 1 aromatic rings. The highest BCUT2D eigenvalue weighted by Crippen LogP contribution is 1.95. The van der Waals surface area contributed by atoms with Crippen molar-refractivity contribution >= 4 is 5.97 Å². The predicted molar refractivity (Wildman–Crippen MR) is 37.9 cm³/mol. The number of rotatable bonds is 3. The molecule has 0 radical (unpaired) electrons. The van der Waals surface area contributed by atoms with E-state index in [0.29, 0.717) is 0 Å². The number of hydrogen-bond donors (Lipinski definition) is 3. The number of carboxylic acids is 1. The van der Waals surface area contributed by atoms with E-state index in [1.165, 1.54) is 6.33 Å². The van der Waals surface area contributed by atoms with Crippen LogP contribution in [0.5, 0.6) is 0 Å². The fraction of sp³-hybridized carbons (Fsp3) is 0.333. The number of aliphatic carboxylic acids is 1. The van der Waals surface area contributed by atoms with Gasteiger partial charge in [-0.3, -0.25) is 4.79 Å². The summed E-state index contributed by atoms with van der Waals surface area (Å²) in [6.45, 7) is 0. The van der Waals surface area contributed by atoms with Crippen molar-refractivity contribution in [2.75, 3.05) is 0 Å². The minimum atomic E-state index is -1.00. The first-order valence-corrected chi connectivity index (χ1v) is 3.16. The van der Waals surface area contributed by atoms with Crippen molar-refractivity contribution in [1.82, 2.24) is 9.97 Å². The van der Waals surface area contributed by atoms with E-state index in [4.69, 9.17) is 10.8 Å². The van der Waals surface area contributed by atoms with Gasteiger partial charge in [-0.25, -0.2) is 4.98 Å². The second-order valence-electron chi connectivity index (χ2n) is 2.23. The van der Waals surface area contributed by atoms with Gasteiger partial charge in [0.2, 0.25) is 0 Å². The maximum Gasteiger partial charge on any atom is 0.320 e. The van der Waals surface area contributed by atoms with Gasteiger partial charge in [0, 0.05) is 18.3 Å². The number of nitrogens with zero attached hydrogens (tertiary/aromatic N) is 1. The molecule has 1 rings (SSSR count). The van der Waals surface area contributed by atoms with E-state index in [2.05, 4.69) is 9.97 Å². The van der Waals surface area contributed by atoms with Gasteiger partial charge in [-0.1, -0.05) is 0 Å². The standard InChI is InChI=1S/C6H9N3O2/c7-5(6(10)11)1-4-2-8-3-9-4/h2-3,5H,1,7H2,(H,8,9)(H,10,11)/t5-/m1/s1/i5+2. The first kappa shape index (κ1) is 7.74. The molecule has 1 atom stereocenters. The fourth-order valence-corrected chi connectivity index (χ4v) is 0.721. The lowest BCUT2D eigenvalue weighted by atomic mass is 10.5. The van der Waals surface area contributed by atoms with Crippen LogP contribution < -0.4 is 5.73 Å². The summed E-state index contributed by atoms with van der Waals surface area (Å²) in [4.78, 5) is 16.8. The van der Waals surface area contributed by atoms with Crippen LogP contribution in [0.1, 0.15) is 5.69 Å². The number of aromatic amines is 1. The molecule has 0 saturated heterocycles. The Morgan fingerprint density at radius 1 is 1.91 bits per heavy atom. The molecule has 0 bridgehead atoms. The predicted octanol–water partition coefficient (Wildman–Crippen LogP) is -0.636. The average Bonchev–Trinajstić information content (AvgIpc) is 2.39. The van der Waals surface area contributed by atoms with Crippen molar-refractivity contribution in [3.05, 3.63) is 18.2 Å². The van der Waals surface area contributed by atoms with Gasteiger partial charge in [-0.2, -0.15) is 0 Å². The maximum atomic E-state index is 10.3. The number of nitrogens with two attached hydrogens (primary N) is 1. The third-order valence-electron chi connectivity index (χ3n) is 1.31. The normalized spacial score (nSPS) is 12.8. The first-order chi connectivity index (χ1) is 5.20. The second-order valence-corrected chi connectivity index (χ2v) is 2.23. The quantitative estimate of drug-likeness (QED) is 0.544. The molecule has 0 spiro atoms. The Morgan fingerprint density at radius 3 is 3.09 bits per heavy atom. The van der Waals surface area contributed by atoms with Gasteiger partial charge < -0.3 is 15.8 Å². The highest BCUT2D eigenvalue weighted by molar-refractivity contribution is 5.73. The Kier molecular flexibility index (Phi) is 2.22. The van der Waals surface area contributed by atoms with Gasteiger partial charge in [0.05, 0.1) is 6.33 Å². The molecule has 0 aliphatic heterocycles. The zero-order valence-corrected chi connectivity index (χ0v) is 5.82. The molecule has 0 aromatic carbocycles. The summed E-state index contributed by atoms with van der Waals surface area (Å²) in [5.41, 5.74) is 6.00. The summed E-state index contributed by atoms with van der Waals surface area (Å²) in [5, 5.41) is 8.42. The highest BCUT2D eigenvalue weighted by Gasteiger charge is 2.11. The monoisotopic (exact) mass is 157 g/mol. The average molecular weight is 157 g/mol. The Balaban J connectivity index is 2.50. The Labute approximate surface area is 63.3 Å². The van der Waals surface area contributed by atoms with E-state index in [1.54, 1.807) is 6.20 Å². The minimum absolute atomic E-state index is 0.287. The van der Waals surface area contributed by atoms with E-state index < -0.39 is 12.0 Å². The van der Waals surface area contributed by atoms with Crippen LogP contribution in [-0.4, -0.2) is 27.1 Å². The van der Waals surface area contributed by atoms with Gasteiger partial charge in [0.1, 0.15) is 6.04 Å². The zero-order valence-electron chi connectivity index (χ0n) is 5.82. The van der Waals surface area contributed by atoms with Gasteiger partial charge in [0.25, 0.3) is 0 Å². The summed E-state index contributed by atoms with van der Waals surface area (Å²) >= 11 is 0. The molecule has 5 nitrogen and oxygen atoms in total. The van der Waals surface area contributed by atoms with Crippen LogP contribution in [0.15, 0.2) is 12.5 Å². The summed E-state index contributed by atoms with van der Waals surface area (Å²) in [6.07, 6.45) is 3.34. The summed E-state index contributed by atoms with van der Waals surface area (Å²) < 4.78 is 0. The van der Waals surface area contributed by atoms with Crippen LogP contribution >= 0.6 is 0 Å². The van der Waals surface area contributed by atoms with Crippen molar-refractivity contribution < 1.29 is 9.90 Å².